The van der Waals surface area contributed by atoms with Gasteiger partial charge in [0.1, 0.15) is 0 Å². The van der Waals surface area contributed by atoms with E-state index in [9.17, 15) is 9.59 Å². The van der Waals surface area contributed by atoms with Crippen LogP contribution in [0.1, 0.15) is 84.5 Å². The van der Waals surface area contributed by atoms with Gasteiger partial charge in [0.15, 0.2) is 0 Å². The van der Waals surface area contributed by atoms with Crippen LogP contribution in [-0.2, 0) is 14.3 Å². The summed E-state index contributed by atoms with van der Waals surface area (Å²) >= 11 is 17.0. The molecule has 0 bridgehead atoms. The number of rotatable bonds is 12. The lowest BCUT2D eigenvalue weighted by Gasteiger charge is -2.25. The van der Waals surface area contributed by atoms with Crippen molar-refractivity contribution < 1.29 is 14.3 Å². The van der Waals surface area contributed by atoms with Gasteiger partial charge in [-0.1, -0.05) is 93.1 Å². The van der Waals surface area contributed by atoms with Crippen LogP contribution in [0.3, 0.4) is 0 Å². The Labute approximate surface area is 179 Å². The van der Waals surface area contributed by atoms with Crippen LogP contribution in [0.5, 0.6) is 0 Å². The van der Waals surface area contributed by atoms with Crippen LogP contribution in [-0.4, -0.2) is 28.3 Å². The molecule has 3 unspecified atom stereocenters. The van der Waals surface area contributed by atoms with Gasteiger partial charge < -0.3 is 10.1 Å². The Morgan fingerprint density at radius 3 is 2.11 bits per heavy atom. The Morgan fingerprint density at radius 2 is 1.56 bits per heavy atom. The molecule has 1 amide bonds. The van der Waals surface area contributed by atoms with Gasteiger partial charge in [-0.15, -0.1) is 0 Å². The number of carbonyl (C=O) groups excluding carboxylic acids is 2. The first-order valence-electron chi connectivity index (χ1n) is 10.4. The molecule has 3 atom stereocenters. The van der Waals surface area contributed by atoms with Crippen LogP contribution < -0.4 is 5.32 Å². The smallest absolute Gasteiger partial charge is 0.311 e. The lowest BCUT2D eigenvalue weighted by molar-refractivity contribution is -0.150. The fourth-order valence-electron chi connectivity index (χ4n) is 3.95. The largest absolute Gasteiger partial charge is 0.466 e. The minimum Gasteiger partial charge on any atom is -0.466 e. The monoisotopic (exact) mass is 441 g/mol. The molecule has 1 N–H and O–H groups in total. The molecule has 0 spiro atoms. The second-order valence-electron chi connectivity index (χ2n) is 7.46. The average Bonchev–Trinajstić information content (AvgIpc) is 2.99. The molecule has 0 aromatic rings. The molecular formula is C20H34Cl3NO3. The third-order valence-corrected chi connectivity index (χ3v) is 5.87. The normalized spacial score (nSPS) is 22.6. The zero-order valence-electron chi connectivity index (χ0n) is 16.6. The molecular weight excluding hydrogens is 409 g/mol. The minimum absolute atomic E-state index is 0.213. The summed E-state index contributed by atoms with van der Waals surface area (Å²) in [5.74, 6) is -1.08. The summed E-state index contributed by atoms with van der Waals surface area (Å²) < 4.78 is 3.23. The molecule has 27 heavy (non-hydrogen) atoms. The number of hydrogen-bond donors (Lipinski definition) is 1. The van der Waals surface area contributed by atoms with Crippen molar-refractivity contribution in [3.05, 3.63) is 0 Å². The van der Waals surface area contributed by atoms with Crippen LogP contribution in [0.15, 0.2) is 0 Å². The quantitative estimate of drug-likeness (QED) is 0.230. The molecule has 0 heterocycles. The SMILES string of the molecule is CCCCCCCCCCC1CCC(NC(=O)C(Cl)(Cl)Cl)C1C(=O)OCC. The third-order valence-electron chi connectivity index (χ3n) is 5.35. The Morgan fingerprint density at radius 1 is 0.963 bits per heavy atom. The molecule has 158 valence electrons. The topological polar surface area (TPSA) is 55.4 Å². The van der Waals surface area contributed by atoms with E-state index in [2.05, 4.69) is 12.2 Å². The average molecular weight is 443 g/mol. The number of halogens is 3. The summed E-state index contributed by atoms with van der Waals surface area (Å²) in [6, 6.07) is -0.328. The first-order chi connectivity index (χ1) is 12.8. The molecule has 1 fully saturated rings. The van der Waals surface area contributed by atoms with E-state index in [1.165, 1.54) is 44.9 Å². The first kappa shape index (κ1) is 24.8. The van der Waals surface area contributed by atoms with E-state index in [1.807, 2.05) is 0 Å². The molecule has 1 aliphatic rings. The van der Waals surface area contributed by atoms with Crippen LogP contribution in [0, 0.1) is 11.8 Å². The van der Waals surface area contributed by atoms with Crippen molar-refractivity contribution in [2.45, 2.75) is 94.3 Å². The predicted molar refractivity (Wildman–Crippen MR) is 112 cm³/mol. The second-order valence-corrected chi connectivity index (χ2v) is 9.74. The summed E-state index contributed by atoms with van der Waals surface area (Å²) in [5, 5.41) is 2.73. The van der Waals surface area contributed by atoms with E-state index in [1.54, 1.807) is 6.92 Å². The van der Waals surface area contributed by atoms with Gasteiger partial charge in [0.05, 0.1) is 12.5 Å². The van der Waals surface area contributed by atoms with Gasteiger partial charge in [-0.2, -0.15) is 0 Å². The van der Waals surface area contributed by atoms with Gasteiger partial charge in [0.25, 0.3) is 9.70 Å². The molecule has 0 aromatic heterocycles. The van der Waals surface area contributed by atoms with Crippen molar-refractivity contribution in [2.75, 3.05) is 6.61 Å². The van der Waals surface area contributed by atoms with Crippen molar-refractivity contribution in [2.24, 2.45) is 11.8 Å². The summed E-state index contributed by atoms with van der Waals surface area (Å²) in [7, 11) is 0. The lowest BCUT2D eigenvalue weighted by Crippen LogP contribution is -2.46. The maximum absolute atomic E-state index is 12.5. The number of unbranched alkanes of at least 4 members (excludes halogenated alkanes) is 7. The number of alkyl halides is 3. The Bertz CT molecular complexity index is 454. The van der Waals surface area contributed by atoms with Gasteiger partial charge >= 0.3 is 5.97 Å². The van der Waals surface area contributed by atoms with E-state index in [4.69, 9.17) is 39.5 Å². The standard InChI is InChI=1S/C20H34Cl3NO3/c1-3-5-6-7-8-9-10-11-12-15-13-14-16(17(15)18(25)27-4-2)24-19(26)20(21,22)23/h15-17H,3-14H2,1-2H3,(H,24,26). The Balaban J connectivity index is 2.48. The van der Waals surface area contributed by atoms with Crippen molar-refractivity contribution >= 4 is 46.7 Å². The van der Waals surface area contributed by atoms with Crippen molar-refractivity contribution in [3.8, 4) is 0 Å². The lowest BCUT2D eigenvalue weighted by atomic mass is 9.88. The van der Waals surface area contributed by atoms with Crippen molar-refractivity contribution in [1.29, 1.82) is 0 Å². The third kappa shape index (κ3) is 9.23. The molecule has 0 aliphatic heterocycles. The highest BCUT2D eigenvalue weighted by Gasteiger charge is 2.44. The maximum Gasteiger partial charge on any atom is 0.311 e. The molecule has 0 aromatic carbocycles. The Hall–Kier alpha value is -0.190. The van der Waals surface area contributed by atoms with Crippen LogP contribution >= 0.6 is 34.8 Å². The van der Waals surface area contributed by atoms with E-state index >= 15 is 0 Å². The molecule has 1 aliphatic carbocycles. The fraction of sp³-hybridized carbons (Fsp3) is 0.900. The van der Waals surface area contributed by atoms with Crippen molar-refractivity contribution in [1.82, 2.24) is 5.32 Å². The number of esters is 1. The number of amides is 1. The highest BCUT2D eigenvalue weighted by Crippen LogP contribution is 2.38. The molecule has 1 rings (SSSR count). The van der Waals surface area contributed by atoms with Crippen LogP contribution in [0.2, 0.25) is 0 Å². The van der Waals surface area contributed by atoms with E-state index in [-0.39, 0.29) is 23.8 Å². The highest BCUT2D eigenvalue weighted by atomic mass is 35.6. The number of ether oxygens (including phenoxy) is 1. The Kier molecular flexibility index (Phi) is 12.1. The molecule has 4 nitrogen and oxygen atoms in total. The van der Waals surface area contributed by atoms with Gasteiger partial charge in [-0.3, -0.25) is 9.59 Å². The zero-order valence-corrected chi connectivity index (χ0v) is 18.8. The van der Waals surface area contributed by atoms with Crippen molar-refractivity contribution in [3.63, 3.8) is 0 Å². The van der Waals surface area contributed by atoms with Crippen LogP contribution in [0.4, 0.5) is 0 Å². The predicted octanol–water partition coefficient (Wildman–Crippen LogP) is 5.96. The molecule has 0 radical (unpaired) electrons. The fourth-order valence-corrected chi connectivity index (χ4v) is 4.12. The van der Waals surface area contributed by atoms with E-state index < -0.39 is 9.70 Å². The maximum atomic E-state index is 12.5. The van der Waals surface area contributed by atoms with E-state index in [0.717, 1.165) is 19.3 Å². The minimum atomic E-state index is -2.02. The van der Waals surface area contributed by atoms with Gasteiger partial charge in [0.2, 0.25) is 0 Å². The van der Waals surface area contributed by atoms with Crippen LogP contribution in [0.25, 0.3) is 0 Å². The van der Waals surface area contributed by atoms with Gasteiger partial charge in [-0.05, 0) is 32.1 Å². The summed E-state index contributed by atoms with van der Waals surface area (Å²) in [5.41, 5.74) is 0. The summed E-state index contributed by atoms with van der Waals surface area (Å²) in [4.78, 5) is 24.5. The summed E-state index contributed by atoms with van der Waals surface area (Å²) in [6.07, 6.45) is 12.6. The zero-order chi connectivity index (χ0) is 20.3. The highest BCUT2D eigenvalue weighted by molar-refractivity contribution is 6.76. The molecule has 1 saturated carbocycles. The van der Waals surface area contributed by atoms with Gasteiger partial charge in [-0.25, -0.2) is 0 Å². The number of carbonyl (C=O) groups is 2. The summed E-state index contributed by atoms with van der Waals surface area (Å²) in [6.45, 7) is 4.34. The first-order valence-corrected chi connectivity index (χ1v) is 11.5. The number of nitrogens with one attached hydrogen (secondary N) is 1. The number of hydrogen-bond acceptors (Lipinski definition) is 3. The molecule has 0 saturated heterocycles. The van der Waals surface area contributed by atoms with E-state index in [0.29, 0.717) is 13.0 Å². The second kappa shape index (κ2) is 13.1. The molecule has 7 heteroatoms. The van der Waals surface area contributed by atoms with Gasteiger partial charge in [0, 0.05) is 6.04 Å².